The van der Waals surface area contributed by atoms with Crippen molar-refractivity contribution in [3.05, 3.63) is 53.6 Å². The van der Waals surface area contributed by atoms with E-state index in [1.54, 1.807) is 18.2 Å². The molecule has 0 bridgehead atoms. The molecular formula is C16H16O4. The fraction of sp³-hybridized carbons (Fsp3) is 0.188. The fourth-order valence-electron chi connectivity index (χ4n) is 1.89. The van der Waals surface area contributed by atoms with Gasteiger partial charge in [0.25, 0.3) is 0 Å². The summed E-state index contributed by atoms with van der Waals surface area (Å²) in [6.07, 6.45) is -0.0406. The van der Waals surface area contributed by atoms with Crippen LogP contribution in [0.25, 0.3) is 0 Å². The number of hydrogen-bond acceptors (Lipinski definition) is 3. The van der Waals surface area contributed by atoms with Crippen molar-refractivity contribution in [2.24, 2.45) is 0 Å². The number of aliphatic carboxylic acids is 1. The Kier molecular flexibility index (Phi) is 4.25. The van der Waals surface area contributed by atoms with E-state index in [-0.39, 0.29) is 6.42 Å². The number of hydrogen-bond donors (Lipinski definition) is 1. The van der Waals surface area contributed by atoms with Gasteiger partial charge in [-0.25, -0.2) is 0 Å². The minimum absolute atomic E-state index is 0.0406. The molecule has 2 aromatic rings. The molecule has 0 saturated heterocycles. The molecule has 0 heterocycles. The minimum Gasteiger partial charge on any atom is -0.493 e. The summed E-state index contributed by atoms with van der Waals surface area (Å²) in [6.45, 7) is 1.99. The standard InChI is InChI=1S/C16H16O4/c1-11-4-3-5-13(8-11)20-14-7-6-12(10-16(17)18)9-15(14)19-2/h3-9H,10H2,1-2H3,(H,17,18). The Labute approximate surface area is 117 Å². The van der Waals surface area contributed by atoms with Crippen LogP contribution in [0.2, 0.25) is 0 Å². The number of carbonyl (C=O) groups is 1. The topological polar surface area (TPSA) is 55.8 Å². The molecule has 2 aromatic carbocycles. The first-order valence-corrected chi connectivity index (χ1v) is 6.21. The van der Waals surface area contributed by atoms with E-state index in [0.717, 1.165) is 5.56 Å². The molecule has 0 saturated carbocycles. The van der Waals surface area contributed by atoms with Crippen molar-refractivity contribution in [3.8, 4) is 17.2 Å². The highest BCUT2D eigenvalue weighted by atomic mass is 16.5. The van der Waals surface area contributed by atoms with Crippen LogP contribution in [0.5, 0.6) is 17.2 Å². The van der Waals surface area contributed by atoms with E-state index < -0.39 is 5.97 Å². The van der Waals surface area contributed by atoms with E-state index in [4.69, 9.17) is 14.6 Å². The summed E-state index contributed by atoms with van der Waals surface area (Å²) in [5, 5.41) is 8.79. The van der Waals surface area contributed by atoms with Gasteiger partial charge in [-0.1, -0.05) is 18.2 Å². The highest BCUT2D eigenvalue weighted by molar-refractivity contribution is 5.70. The second kappa shape index (κ2) is 6.10. The number of carboxylic acid groups (broad SMARTS) is 1. The summed E-state index contributed by atoms with van der Waals surface area (Å²) in [7, 11) is 1.53. The Hall–Kier alpha value is -2.49. The summed E-state index contributed by atoms with van der Waals surface area (Å²) in [5.74, 6) is 0.922. The van der Waals surface area contributed by atoms with Crippen molar-refractivity contribution in [1.82, 2.24) is 0 Å². The van der Waals surface area contributed by atoms with Crippen LogP contribution in [0.4, 0.5) is 0 Å². The second-order valence-corrected chi connectivity index (χ2v) is 4.47. The Morgan fingerprint density at radius 1 is 1.15 bits per heavy atom. The molecular weight excluding hydrogens is 256 g/mol. The molecule has 20 heavy (non-hydrogen) atoms. The van der Waals surface area contributed by atoms with Gasteiger partial charge in [0.05, 0.1) is 13.5 Å². The van der Waals surface area contributed by atoms with E-state index in [1.807, 2.05) is 31.2 Å². The lowest BCUT2D eigenvalue weighted by Crippen LogP contribution is -2.00. The first-order valence-electron chi connectivity index (χ1n) is 6.21. The zero-order chi connectivity index (χ0) is 14.5. The van der Waals surface area contributed by atoms with E-state index in [0.29, 0.717) is 22.8 Å². The van der Waals surface area contributed by atoms with Crippen molar-refractivity contribution in [2.75, 3.05) is 7.11 Å². The Morgan fingerprint density at radius 2 is 1.95 bits per heavy atom. The van der Waals surface area contributed by atoms with Crippen molar-refractivity contribution < 1.29 is 19.4 Å². The lowest BCUT2D eigenvalue weighted by molar-refractivity contribution is -0.136. The number of methoxy groups -OCH3 is 1. The van der Waals surface area contributed by atoms with Crippen LogP contribution in [0.1, 0.15) is 11.1 Å². The largest absolute Gasteiger partial charge is 0.493 e. The molecule has 104 valence electrons. The van der Waals surface area contributed by atoms with Crippen LogP contribution in [-0.4, -0.2) is 18.2 Å². The molecule has 0 spiro atoms. The normalized spacial score (nSPS) is 10.1. The van der Waals surface area contributed by atoms with Gasteiger partial charge in [-0.05, 0) is 42.3 Å². The lowest BCUT2D eigenvalue weighted by Gasteiger charge is -2.11. The molecule has 0 aliphatic rings. The van der Waals surface area contributed by atoms with E-state index in [9.17, 15) is 4.79 Å². The van der Waals surface area contributed by atoms with Gasteiger partial charge in [0.1, 0.15) is 5.75 Å². The molecule has 0 radical (unpaired) electrons. The van der Waals surface area contributed by atoms with Gasteiger partial charge in [0.2, 0.25) is 0 Å². The third-order valence-corrected chi connectivity index (χ3v) is 2.80. The smallest absolute Gasteiger partial charge is 0.307 e. The number of carboxylic acids is 1. The average Bonchev–Trinajstić information content (AvgIpc) is 2.40. The predicted molar refractivity (Wildman–Crippen MR) is 75.6 cm³/mol. The lowest BCUT2D eigenvalue weighted by atomic mass is 10.1. The number of rotatable bonds is 5. The van der Waals surface area contributed by atoms with Crippen LogP contribution in [0.15, 0.2) is 42.5 Å². The molecule has 0 aliphatic heterocycles. The van der Waals surface area contributed by atoms with E-state index >= 15 is 0 Å². The number of benzene rings is 2. The maximum absolute atomic E-state index is 10.7. The van der Waals surface area contributed by atoms with Gasteiger partial charge >= 0.3 is 5.97 Å². The summed E-state index contributed by atoms with van der Waals surface area (Å²) in [4.78, 5) is 10.7. The highest BCUT2D eigenvalue weighted by Crippen LogP contribution is 2.32. The fourth-order valence-corrected chi connectivity index (χ4v) is 1.89. The molecule has 0 aromatic heterocycles. The van der Waals surface area contributed by atoms with Gasteiger partial charge in [0, 0.05) is 0 Å². The summed E-state index contributed by atoms with van der Waals surface area (Å²) < 4.78 is 11.0. The van der Waals surface area contributed by atoms with E-state index in [1.165, 1.54) is 7.11 Å². The van der Waals surface area contributed by atoms with Crippen molar-refractivity contribution in [2.45, 2.75) is 13.3 Å². The van der Waals surface area contributed by atoms with Crippen LogP contribution in [0.3, 0.4) is 0 Å². The van der Waals surface area contributed by atoms with Crippen molar-refractivity contribution >= 4 is 5.97 Å². The first kappa shape index (κ1) is 13.9. The molecule has 0 atom stereocenters. The SMILES string of the molecule is COc1cc(CC(=O)O)ccc1Oc1cccc(C)c1. The third kappa shape index (κ3) is 3.51. The van der Waals surface area contributed by atoms with Crippen LogP contribution < -0.4 is 9.47 Å². The third-order valence-electron chi connectivity index (χ3n) is 2.80. The maximum atomic E-state index is 10.7. The molecule has 2 rings (SSSR count). The minimum atomic E-state index is -0.876. The van der Waals surface area contributed by atoms with Crippen LogP contribution in [0, 0.1) is 6.92 Å². The molecule has 0 unspecified atom stereocenters. The summed E-state index contributed by atoms with van der Waals surface area (Å²) in [6, 6.07) is 12.8. The van der Waals surface area contributed by atoms with Gasteiger partial charge in [-0.15, -0.1) is 0 Å². The maximum Gasteiger partial charge on any atom is 0.307 e. The molecule has 1 N–H and O–H groups in total. The Morgan fingerprint density at radius 3 is 2.60 bits per heavy atom. The van der Waals surface area contributed by atoms with Gasteiger partial charge in [0.15, 0.2) is 11.5 Å². The summed E-state index contributed by atoms with van der Waals surface area (Å²) >= 11 is 0. The van der Waals surface area contributed by atoms with Gasteiger partial charge in [-0.3, -0.25) is 4.79 Å². The second-order valence-electron chi connectivity index (χ2n) is 4.47. The van der Waals surface area contributed by atoms with Gasteiger partial charge in [-0.2, -0.15) is 0 Å². The van der Waals surface area contributed by atoms with Crippen LogP contribution in [-0.2, 0) is 11.2 Å². The quantitative estimate of drug-likeness (QED) is 0.906. The first-order chi connectivity index (χ1) is 9.58. The molecule has 0 amide bonds. The molecule has 4 nitrogen and oxygen atoms in total. The van der Waals surface area contributed by atoms with Crippen molar-refractivity contribution in [1.29, 1.82) is 0 Å². The molecule has 4 heteroatoms. The van der Waals surface area contributed by atoms with Crippen molar-refractivity contribution in [3.63, 3.8) is 0 Å². The number of ether oxygens (including phenoxy) is 2. The number of aryl methyl sites for hydroxylation is 1. The van der Waals surface area contributed by atoms with Crippen LogP contribution >= 0.6 is 0 Å². The highest BCUT2D eigenvalue weighted by Gasteiger charge is 2.09. The van der Waals surface area contributed by atoms with E-state index in [2.05, 4.69) is 0 Å². The summed E-state index contributed by atoms with van der Waals surface area (Å²) in [5.41, 5.74) is 1.77. The Bertz CT molecular complexity index is 620. The Balaban J connectivity index is 2.25. The molecule has 0 fully saturated rings. The van der Waals surface area contributed by atoms with Gasteiger partial charge < -0.3 is 14.6 Å². The zero-order valence-corrected chi connectivity index (χ0v) is 11.4. The average molecular weight is 272 g/mol. The predicted octanol–water partition coefficient (Wildman–Crippen LogP) is 3.42. The molecule has 0 aliphatic carbocycles. The monoisotopic (exact) mass is 272 g/mol. The zero-order valence-electron chi connectivity index (χ0n) is 11.4.